The highest BCUT2D eigenvalue weighted by atomic mass is 16.4. The Morgan fingerprint density at radius 2 is 1.68 bits per heavy atom. The quantitative estimate of drug-likeness (QED) is 0.477. The first-order chi connectivity index (χ1) is 13.7. The Hall–Kier alpha value is -3.80. The average Bonchev–Trinajstić information content (AvgIpc) is 3.08. The Balaban J connectivity index is 1.67. The van der Waals surface area contributed by atoms with Crippen LogP contribution in [0.1, 0.15) is 18.5 Å². The highest BCUT2D eigenvalue weighted by Gasteiger charge is 2.19. The number of fused-ring (bicyclic) bond motifs is 2. The van der Waals surface area contributed by atoms with Crippen LogP contribution in [0.25, 0.3) is 33.7 Å². The molecular formula is C22H16N4O2. The van der Waals surface area contributed by atoms with Gasteiger partial charge in [-0.3, -0.25) is 0 Å². The number of para-hydroxylation sites is 1. The normalized spacial score (nSPS) is 12.5. The molecule has 0 spiro atoms. The fraction of sp³-hybridized carbons (Fsp3) is 0.0909. The van der Waals surface area contributed by atoms with Gasteiger partial charge < -0.3 is 4.42 Å². The average molecular weight is 368 g/mol. The van der Waals surface area contributed by atoms with Crippen LogP contribution >= 0.6 is 0 Å². The van der Waals surface area contributed by atoms with Crippen molar-refractivity contribution in [3.05, 3.63) is 89.0 Å². The molecular weight excluding hydrogens is 352 g/mol. The van der Waals surface area contributed by atoms with Crippen molar-refractivity contribution in [2.24, 2.45) is 0 Å². The van der Waals surface area contributed by atoms with Crippen LogP contribution in [0.2, 0.25) is 0 Å². The minimum absolute atomic E-state index is 0.220. The van der Waals surface area contributed by atoms with Crippen molar-refractivity contribution in [2.45, 2.75) is 13.0 Å². The van der Waals surface area contributed by atoms with Crippen molar-refractivity contribution in [3.8, 4) is 11.4 Å². The zero-order valence-electron chi connectivity index (χ0n) is 15.1. The van der Waals surface area contributed by atoms with Crippen molar-refractivity contribution in [1.82, 2.24) is 19.5 Å². The molecule has 6 nitrogen and oxygen atoms in total. The first-order valence-electron chi connectivity index (χ1n) is 9.00. The van der Waals surface area contributed by atoms with E-state index in [2.05, 4.69) is 15.0 Å². The van der Waals surface area contributed by atoms with Gasteiger partial charge in [0.15, 0.2) is 0 Å². The maximum Gasteiger partial charge on any atom is 0.423 e. The highest BCUT2D eigenvalue weighted by molar-refractivity contribution is 5.81. The zero-order valence-corrected chi connectivity index (χ0v) is 15.1. The number of hydrogen-bond acceptors (Lipinski definition) is 5. The lowest BCUT2D eigenvalue weighted by Gasteiger charge is -2.12. The van der Waals surface area contributed by atoms with Crippen LogP contribution in [0.5, 0.6) is 0 Å². The lowest BCUT2D eigenvalue weighted by Crippen LogP contribution is -2.19. The van der Waals surface area contributed by atoms with Crippen LogP contribution in [0.3, 0.4) is 0 Å². The first kappa shape index (κ1) is 16.4. The van der Waals surface area contributed by atoms with Crippen molar-refractivity contribution >= 4 is 22.3 Å². The van der Waals surface area contributed by atoms with Gasteiger partial charge >= 0.3 is 5.76 Å². The van der Waals surface area contributed by atoms with E-state index in [0.717, 1.165) is 16.5 Å². The maximum absolute atomic E-state index is 12.5. The summed E-state index contributed by atoms with van der Waals surface area (Å²) in [5, 5.41) is 1.05. The molecule has 1 unspecified atom stereocenters. The Kier molecular flexibility index (Phi) is 3.76. The summed E-state index contributed by atoms with van der Waals surface area (Å²) in [6.07, 6.45) is 1.58. The van der Waals surface area contributed by atoms with Gasteiger partial charge in [0.1, 0.15) is 5.69 Å². The second-order valence-corrected chi connectivity index (χ2v) is 6.60. The summed E-state index contributed by atoms with van der Waals surface area (Å²) in [5.74, 6) is -0.477. The molecule has 5 rings (SSSR count). The number of oxazole rings is 1. The molecule has 0 saturated carbocycles. The molecule has 0 fully saturated rings. The standard InChI is InChI=1S/C22H16N4O2/c1-14(15-7-3-2-4-8-15)26-20-21(28-22(26)27)23-13-19(25-20)18-12-11-16-9-5-6-10-17(16)24-18/h2-14H,1H3. The molecule has 2 aromatic carbocycles. The summed E-state index contributed by atoms with van der Waals surface area (Å²) in [6.45, 7) is 1.94. The third-order valence-electron chi connectivity index (χ3n) is 4.86. The molecule has 0 bridgehead atoms. The van der Waals surface area contributed by atoms with Gasteiger partial charge in [-0.25, -0.2) is 24.3 Å². The fourth-order valence-corrected chi connectivity index (χ4v) is 3.37. The molecule has 5 aromatic rings. The molecule has 0 aliphatic rings. The van der Waals surface area contributed by atoms with Crippen LogP contribution in [-0.4, -0.2) is 19.5 Å². The van der Waals surface area contributed by atoms with E-state index in [-0.39, 0.29) is 11.8 Å². The highest BCUT2D eigenvalue weighted by Crippen LogP contribution is 2.24. The smallest absolute Gasteiger partial charge is 0.387 e. The van der Waals surface area contributed by atoms with E-state index in [9.17, 15) is 4.79 Å². The number of pyridine rings is 1. The Labute approximate surface area is 160 Å². The fourth-order valence-electron chi connectivity index (χ4n) is 3.37. The lowest BCUT2D eigenvalue weighted by molar-refractivity contribution is 0.485. The molecule has 3 aromatic heterocycles. The molecule has 6 heteroatoms. The predicted molar refractivity (Wildman–Crippen MR) is 107 cm³/mol. The number of benzene rings is 2. The maximum atomic E-state index is 12.5. The summed E-state index contributed by atoms with van der Waals surface area (Å²) >= 11 is 0. The minimum Gasteiger partial charge on any atom is -0.387 e. The molecule has 0 amide bonds. The monoisotopic (exact) mass is 368 g/mol. The summed E-state index contributed by atoms with van der Waals surface area (Å²) in [7, 11) is 0. The summed E-state index contributed by atoms with van der Waals surface area (Å²) in [4.78, 5) is 26.1. The van der Waals surface area contributed by atoms with E-state index >= 15 is 0 Å². The van der Waals surface area contributed by atoms with E-state index < -0.39 is 5.76 Å². The third kappa shape index (κ3) is 2.66. The van der Waals surface area contributed by atoms with Gasteiger partial charge in [0.05, 0.1) is 23.4 Å². The van der Waals surface area contributed by atoms with Crippen LogP contribution in [-0.2, 0) is 0 Å². The summed E-state index contributed by atoms with van der Waals surface area (Å²) in [6, 6.07) is 21.3. The number of nitrogens with zero attached hydrogens (tertiary/aromatic N) is 4. The van der Waals surface area contributed by atoms with E-state index in [1.165, 1.54) is 4.57 Å². The second kappa shape index (κ2) is 6.42. The molecule has 0 aliphatic carbocycles. The van der Waals surface area contributed by atoms with Crippen molar-refractivity contribution in [2.75, 3.05) is 0 Å². The van der Waals surface area contributed by atoms with Gasteiger partial charge in [0, 0.05) is 5.39 Å². The third-order valence-corrected chi connectivity index (χ3v) is 4.86. The van der Waals surface area contributed by atoms with Gasteiger partial charge in [-0.15, -0.1) is 0 Å². The first-order valence-corrected chi connectivity index (χ1v) is 9.00. The number of hydrogen-bond donors (Lipinski definition) is 0. The Bertz CT molecular complexity index is 1360. The van der Waals surface area contributed by atoms with Gasteiger partial charge in [-0.05, 0) is 24.6 Å². The number of rotatable bonds is 3. The molecule has 136 valence electrons. The molecule has 1 atom stereocenters. The van der Waals surface area contributed by atoms with Gasteiger partial charge in [-0.1, -0.05) is 54.6 Å². The summed E-state index contributed by atoms with van der Waals surface area (Å²) < 4.78 is 6.85. The van der Waals surface area contributed by atoms with E-state index in [1.54, 1.807) is 6.20 Å². The molecule has 0 aliphatic heterocycles. The van der Waals surface area contributed by atoms with Crippen LogP contribution in [0.4, 0.5) is 0 Å². The van der Waals surface area contributed by atoms with Gasteiger partial charge in [-0.2, -0.15) is 0 Å². The van der Waals surface area contributed by atoms with E-state index in [1.807, 2.05) is 73.7 Å². The molecule has 3 heterocycles. The topological polar surface area (TPSA) is 73.8 Å². The van der Waals surface area contributed by atoms with Gasteiger partial charge in [0.25, 0.3) is 5.71 Å². The van der Waals surface area contributed by atoms with E-state index in [4.69, 9.17) is 4.42 Å². The zero-order chi connectivity index (χ0) is 19.1. The largest absolute Gasteiger partial charge is 0.423 e. The number of aromatic nitrogens is 4. The van der Waals surface area contributed by atoms with Crippen molar-refractivity contribution in [1.29, 1.82) is 0 Å². The van der Waals surface area contributed by atoms with Gasteiger partial charge in [0.2, 0.25) is 5.65 Å². The predicted octanol–water partition coefficient (Wildman–Crippen LogP) is 4.21. The Morgan fingerprint density at radius 1 is 0.893 bits per heavy atom. The molecule has 28 heavy (non-hydrogen) atoms. The van der Waals surface area contributed by atoms with Crippen LogP contribution < -0.4 is 5.76 Å². The Morgan fingerprint density at radius 3 is 2.54 bits per heavy atom. The second-order valence-electron chi connectivity index (χ2n) is 6.60. The van der Waals surface area contributed by atoms with Crippen LogP contribution in [0.15, 0.2) is 82.1 Å². The van der Waals surface area contributed by atoms with Crippen LogP contribution in [0, 0.1) is 0 Å². The van der Waals surface area contributed by atoms with Crippen molar-refractivity contribution < 1.29 is 4.42 Å². The summed E-state index contributed by atoms with van der Waals surface area (Å²) in [5.41, 5.74) is 3.78. The van der Waals surface area contributed by atoms with E-state index in [0.29, 0.717) is 17.0 Å². The SMILES string of the molecule is CC(c1ccccc1)n1c(=O)oc2ncc(-c3ccc4ccccc4n3)nc21. The van der Waals surface area contributed by atoms with Crippen molar-refractivity contribution in [3.63, 3.8) is 0 Å². The minimum atomic E-state index is -0.477. The molecule has 0 radical (unpaired) electrons. The molecule has 0 N–H and O–H groups in total. The molecule has 0 saturated heterocycles. The lowest BCUT2D eigenvalue weighted by atomic mass is 10.1.